The van der Waals surface area contributed by atoms with Crippen molar-refractivity contribution in [1.82, 2.24) is 0 Å². The molecule has 0 saturated carbocycles. The Kier molecular flexibility index (Phi) is 18.6. The van der Waals surface area contributed by atoms with E-state index in [1.165, 1.54) is 0 Å². The van der Waals surface area contributed by atoms with Crippen LogP contribution in [0.25, 0.3) is 0 Å². The number of rotatable bonds is 4. The summed E-state index contributed by atoms with van der Waals surface area (Å²) in [5.41, 5.74) is 0. The Morgan fingerprint density at radius 1 is 1.06 bits per heavy atom. The minimum Gasteiger partial charge on any atom is -0.481 e. The van der Waals surface area contributed by atoms with E-state index in [1.54, 1.807) is 0 Å². The van der Waals surface area contributed by atoms with Crippen LogP contribution in [-0.4, -0.2) is 34.4 Å². The van der Waals surface area contributed by atoms with Gasteiger partial charge in [0.1, 0.15) is 0 Å². The second-order valence-corrected chi connectivity index (χ2v) is 3.90. The zero-order valence-electron chi connectivity index (χ0n) is 11.7. The molecule has 0 aliphatic heterocycles. The van der Waals surface area contributed by atoms with Gasteiger partial charge in [-0.3, -0.25) is 9.59 Å². The average Bonchev–Trinajstić information content (AvgIpc) is 1.99. The molecule has 0 fully saturated rings. The molecule has 0 radical (unpaired) electrons. The second kappa shape index (κ2) is 14.9. The molecule has 0 saturated heterocycles. The van der Waals surface area contributed by atoms with Crippen LogP contribution < -0.4 is 0 Å². The van der Waals surface area contributed by atoms with Crippen molar-refractivity contribution in [3.63, 3.8) is 0 Å². The zero-order valence-corrected chi connectivity index (χ0v) is 11.7. The van der Waals surface area contributed by atoms with Gasteiger partial charge in [-0.1, -0.05) is 6.92 Å². The SMILES string of the molecule is CC(=O)O.CC(C)OC(C)C.CCCC(=O)O. The normalized spacial score (nSPS) is 8.94. The van der Waals surface area contributed by atoms with Crippen molar-refractivity contribution in [2.45, 2.75) is 66.6 Å². The first-order valence-corrected chi connectivity index (χ1v) is 5.70. The van der Waals surface area contributed by atoms with Crippen molar-refractivity contribution in [2.75, 3.05) is 0 Å². The van der Waals surface area contributed by atoms with Crippen molar-refractivity contribution < 1.29 is 24.5 Å². The first-order chi connectivity index (χ1) is 7.63. The van der Waals surface area contributed by atoms with Crippen LogP contribution in [0.5, 0.6) is 0 Å². The average molecular weight is 250 g/mol. The molecule has 0 amide bonds. The fourth-order valence-electron chi connectivity index (χ4n) is 0.758. The standard InChI is InChI=1S/C6H14O.C4H8O2.C2H4O2/c1-5(2)7-6(3)4;1-2-3-4(5)6;1-2(3)4/h5-6H,1-4H3;2-3H2,1H3,(H,5,6);1H3,(H,3,4). The van der Waals surface area contributed by atoms with Crippen LogP contribution in [0.15, 0.2) is 0 Å². The Morgan fingerprint density at radius 2 is 1.35 bits per heavy atom. The quantitative estimate of drug-likeness (QED) is 0.801. The lowest BCUT2D eigenvalue weighted by Gasteiger charge is -2.09. The van der Waals surface area contributed by atoms with Gasteiger partial charge in [0, 0.05) is 13.3 Å². The molecular formula is C12H26O5. The molecule has 17 heavy (non-hydrogen) atoms. The summed E-state index contributed by atoms with van der Waals surface area (Å²) < 4.78 is 5.25. The Hall–Kier alpha value is -1.10. The van der Waals surface area contributed by atoms with E-state index in [1.807, 2.05) is 34.6 Å². The van der Waals surface area contributed by atoms with Crippen LogP contribution in [-0.2, 0) is 14.3 Å². The molecule has 0 aliphatic rings. The summed E-state index contributed by atoms with van der Waals surface area (Å²) in [4.78, 5) is 18.6. The Bertz CT molecular complexity index is 177. The third-order valence-corrected chi connectivity index (χ3v) is 1.01. The van der Waals surface area contributed by atoms with Gasteiger partial charge in [-0.15, -0.1) is 0 Å². The molecule has 5 nitrogen and oxygen atoms in total. The van der Waals surface area contributed by atoms with Crippen LogP contribution >= 0.6 is 0 Å². The number of carboxylic acid groups (broad SMARTS) is 2. The van der Waals surface area contributed by atoms with E-state index in [-0.39, 0.29) is 0 Å². The summed E-state index contributed by atoms with van der Waals surface area (Å²) in [6.07, 6.45) is 1.77. The predicted molar refractivity (Wildman–Crippen MR) is 67.2 cm³/mol. The third kappa shape index (κ3) is 71.2. The fourth-order valence-corrected chi connectivity index (χ4v) is 0.758. The van der Waals surface area contributed by atoms with Crippen molar-refractivity contribution in [3.8, 4) is 0 Å². The van der Waals surface area contributed by atoms with E-state index < -0.39 is 11.9 Å². The highest BCUT2D eigenvalue weighted by Gasteiger charge is 1.94. The lowest BCUT2D eigenvalue weighted by Crippen LogP contribution is -2.09. The molecule has 0 heterocycles. The summed E-state index contributed by atoms with van der Waals surface area (Å²) >= 11 is 0. The number of hydrogen-bond acceptors (Lipinski definition) is 3. The first-order valence-electron chi connectivity index (χ1n) is 5.70. The maximum atomic E-state index is 9.60. The number of ether oxygens (including phenoxy) is 1. The van der Waals surface area contributed by atoms with Gasteiger partial charge in [0.2, 0.25) is 0 Å². The van der Waals surface area contributed by atoms with Crippen molar-refractivity contribution in [3.05, 3.63) is 0 Å². The van der Waals surface area contributed by atoms with Gasteiger partial charge < -0.3 is 14.9 Å². The zero-order chi connectivity index (χ0) is 14.4. The first kappa shape index (κ1) is 21.2. The molecule has 0 unspecified atom stereocenters. The summed E-state index contributed by atoms with van der Waals surface area (Å²) in [6, 6.07) is 0. The largest absolute Gasteiger partial charge is 0.481 e. The number of hydrogen-bond donors (Lipinski definition) is 2. The van der Waals surface area contributed by atoms with Gasteiger partial charge in [0.05, 0.1) is 12.2 Å². The Labute approximate surface area is 104 Å². The van der Waals surface area contributed by atoms with Gasteiger partial charge in [-0.25, -0.2) is 0 Å². The van der Waals surface area contributed by atoms with E-state index in [2.05, 4.69) is 0 Å². The highest BCUT2D eigenvalue weighted by molar-refractivity contribution is 5.66. The molecule has 0 aromatic rings. The molecule has 0 bridgehead atoms. The predicted octanol–water partition coefficient (Wildman–Crippen LogP) is 2.78. The fraction of sp³-hybridized carbons (Fsp3) is 0.833. The molecule has 0 aromatic carbocycles. The highest BCUT2D eigenvalue weighted by atomic mass is 16.5. The molecule has 2 N–H and O–H groups in total. The van der Waals surface area contributed by atoms with Crippen molar-refractivity contribution >= 4 is 11.9 Å². The maximum Gasteiger partial charge on any atom is 0.303 e. The van der Waals surface area contributed by atoms with Gasteiger partial charge in [-0.2, -0.15) is 0 Å². The highest BCUT2D eigenvalue weighted by Crippen LogP contribution is 1.93. The summed E-state index contributed by atoms with van der Waals surface area (Å²) in [7, 11) is 0. The van der Waals surface area contributed by atoms with E-state index in [0.29, 0.717) is 18.6 Å². The Morgan fingerprint density at radius 3 is 1.35 bits per heavy atom. The smallest absolute Gasteiger partial charge is 0.303 e. The van der Waals surface area contributed by atoms with E-state index >= 15 is 0 Å². The molecular weight excluding hydrogens is 224 g/mol. The van der Waals surface area contributed by atoms with Crippen molar-refractivity contribution in [1.29, 1.82) is 0 Å². The molecule has 0 rings (SSSR count). The maximum absolute atomic E-state index is 9.60. The van der Waals surface area contributed by atoms with Crippen LogP contribution in [0, 0.1) is 0 Å². The summed E-state index contributed by atoms with van der Waals surface area (Å²) in [6.45, 7) is 11.1. The molecule has 5 heteroatoms. The lowest BCUT2D eigenvalue weighted by atomic mass is 10.4. The van der Waals surface area contributed by atoms with Gasteiger partial charge in [0.25, 0.3) is 5.97 Å². The van der Waals surface area contributed by atoms with Crippen molar-refractivity contribution in [2.24, 2.45) is 0 Å². The molecule has 104 valence electrons. The number of carboxylic acids is 2. The van der Waals surface area contributed by atoms with Gasteiger partial charge in [0.15, 0.2) is 0 Å². The monoisotopic (exact) mass is 250 g/mol. The Balaban J connectivity index is -0.000000180. The van der Waals surface area contributed by atoms with Crippen LogP contribution in [0.3, 0.4) is 0 Å². The summed E-state index contributed by atoms with van der Waals surface area (Å²) in [5.74, 6) is -1.54. The van der Waals surface area contributed by atoms with Crippen LogP contribution in [0.1, 0.15) is 54.4 Å². The topological polar surface area (TPSA) is 83.8 Å². The minimum absolute atomic E-state index is 0.292. The number of aliphatic carboxylic acids is 2. The lowest BCUT2D eigenvalue weighted by molar-refractivity contribution is -0.137. The number of carbonyl (C=O) groups is 2. The van der Waals surface area contributed by atoms with Gasteiger partial charge in [-0.05, 0) is 34.1 Å². The minimum atomic E-state index is -0.833. The van der Waals surface area contributed by atoms with E-state index in [4.69, 9.17) is 19.7 Å². The van der Waals surface area contributed by atoms with Gasteiger partial charge >= 0.3 is 5.97 Å². The van der Waals surface area contributed by atoms with E-state index in [0.717, 1.165) is 13.3 Å². The third-order valence-electron chi connectivity index (χ3n) is 1.01. The van der Waals surface area contributed by atoms with Crippen LogP contribution in [0.2, 0.25) is 0 Å². The molecule has 0 aromatic heterocycles. The van der Waals surface area contributed by atoms with E-state index in [9.17, 15) is 4.79 Å². The van der Waals surface area contributed by atoms with Crippen LogP contribution in [0.4, 0.5) is 0 Å². The molecule has 0 aliphatic carbocycles. The molecule has 0 atom stereocenters. The summed E-state index contributed by atoms with van der Waals surface area (Å²) in [5, 5.41) is 15.3. The second-order valence-electron chi connectivity index (χ2n) is 3.90. The molecule has 0 spiro atoms.